The molecular weight excluding hydrogens is 274 g/mol. The van der Waals surface area contributed by atoms with Crippen molar-refractivity contribution in [3.8, 4) is 0 Å². The Hall–Kier alpha value is -1.53. The molecule has 1 aromatic heterocycles. The first-order valence-corrected chi connectivity index (χ1v) is 7.07. The Morgan fingerprint density at radius 2 is 2.20 bits per heavy atom. The minimum atomic E-state index is -0.682. The number of aliphatic hydroxyl groups is 1. The largest absolute Gasteiger partial charge is 0.390 e. The van der Waals surface area contributed by atoms with E-state index in [2.05, 4.69) is 4.98 Å². The fourth-order valence-corrected chi connectivity index (χ4v) is 2.42. The van der Waals surface area contributed by atoms with Crippen molar-refractivity contribution in [1.29, 1.82) is 0 Å². The molecule has 6 heteroatoms. The fourth-order valence-electron chi connectivity index (χ4n) is 2.29. The van der Waals surface area contributed by atoms with Crippen molar-refractivity contribution in [2.45, 2.75) is 31.8 Å². The number of nitrogens with two attached hydrogens (primary N) is 1. The minimum Gasteiger partial charge on any atom is -0.390 e. The summed E-state index contributed by atoms with van der Waals surface area (Å²) in [6.07, 6.45) is 3.61. The number of rotatable bonds is 2. The Kier molecular flexibility index (Phi) is 4.35. The van der Waals surface area contributed by atoms with E-state index in [1.165, 1.54) is 6.20 Å². The maximum atomic E-state index is 12.4. The van der Waals surface area contributed by atoms with E-state index in [0.29, 0.717) is 37.2 Å². The van der Waals surface area contributed by atoms with Crippen LogP contribution in [0.15, 0.2) is 18.3 Å². The summed E-state index contributed by atoms with van der Waals surface area (Å²) in [5.74, 6) is -0.114. The van der Waals surface area contributed by atoms with Gasteiger partial charge in [-0.3, -0.25) is 9.78 Å². The van der Waals surface area contributed by atoms with E-state index in [9.17, 15) is 9.90 Å². The number of hydrogen-bond acceptors (Lipinski definition) is 4. The van der Waals surface area contributed by atoms with Gasteiger partial charge in [-0.25, -0.2) is 0 Å². The summed E-state index contributed by atoms with van der Waals surface area (Å²) in [7, 11) is 0. The minimum absolute atomic E-state index is 0.114. The van der Waals surface area contributed by atoms with Crippen LogP contribution in [-0.4, -0.2) is 44.6 Å². The molecule has 1 unspecified atom stereocenters. The van der Waals surface area contributed by atoms with Gasteiger partial charge in [0.1, 0.15) is 10.7 Å². The Morgan fingerprint density at radius 3 is 2.80 bits per heavy atom. The summed E-state index contributed by atoms with van der Waals surface area (Å²) < 4.78 is 0. The van der Waals surface area contributed by atoms with Crippen molar-refractivity contribution in [1.82, 2.24) is 9.88 Å². The predicted molar refractivity (Wildman–Crippen MR) is 80.5 cm³/mol. The van der Waals surface area contributed by atoms with E-state index in [4.69, 9.17) is 18.0 Å². The first-order chi connectivity index (χ1) is 9.39. The normalized spacial score (nSPS) is 23.2. The molecule has 1 saturated heterocycles. The summed E-state index contributed by atoms with van der Waals surface area (Å²) in [5, 5.41) is 10.0. The van der Waals surface area contributed by atoms with E-state index in [1.807, 2.05) is 6.92 Å². The summed E-state index contributed by atoms with van der Waals surface area (Å²) in [6.45, 7) is 3.01. The van der Waals surface area contributed by atoms with Crippen LogP contribution in [0.2, 0.25) is 0 Å². The van der Waals surface area contributed by atoms with Crippen LogP contribution in [0.25, 0.3) is 0 Å². The number of amides is 1. The predicted octanol–water partition coefficient (Wildman–Crippen LogP) is 1.09. The molecule has 0 saturated carbocycles. The molecule has 3 N–H and O–H groups in total. The zero-order chi connectivity index (χ0) is 14.8. The molecule has 1 atom stereocenters. The highest BCUT2D eigenvalue weighted by atomic mass is 32.1. The molecule has 0 radical (unpaired) electrons. The average Bonchev–Trinajstić information content (AvgIpc) is 2.59. The lowest BCUT2D eigenvalue weighted by atomic mass is 9.98. The van der Waals surface area contributed by atoms with Crippen molar-refractivity contribution in [3.63, 3.8) is 0 Å². The average molecular weight is 293 g/mol. The van der Waals surface area contributed by atoms with Crippen molar-refractivity contribution in [2.75, 3.05) is 13.1 Å². The molecule has 0 aromatic carbocycles. The Labute approximate surface area is 123 Å². The van der Waals surface area contributed by atoms with Crippen LogP contribution in [0.5, 0.6) is 0 Å². The van der Waals surface area contributed by atoms with Crippen molar-refractivity contribution in [3.05, 3.63) is 29.6 Å². The topological polar surface area (TPSA) is 79.5 Å². The third-order valence-corrected chi connectivity index (χ3v) is 3.85. The smallest absolute Gasteiger partial charge is 0.272 e. The highest BCUT2D eigenvalue weighted by Crippen LogP contribution is 2.22. The van der Waals surface area contributed by atoms with Crippen molar-refractivity contribution in [2.24, 2.45) is 5.73 Å². The molecule has 20 heavy (non-hydrogen) atoms. The molecule has 108 valence electrons. The van der Waals surface area contributed by atoms with E-state index >= 15 is 0 Å². The lowest BCUT2D eigenvalue weighted by Gasteiger charge is -2.22. The van der Waals surface area contributed by atoms with Gasteiger partial charge in [-0.05, 0) is 38.3 Å². The van der Waals surface area contributed by atoms with Crippen LogP contribution < -0.4 is 5.73 Å². The van der Waals surface area contributed by atoms with Gasteiger partial charge in [0.05, 0.1) is 5.60 Å². The van der Waals surface area contributed by atoms with Crippen LogP contribution in [0.3, 0.4) is 0 Å². The highest BCUT2D eigenvalue weighted by Gasteiger charge is 2.27. The lowest BCUT2D eigenvalue weighted by Crippen LogP contribution is -2.34. The van der Waals surface area contributed by atoms with E-state index in [-0.39, 0.29) is 10.9 Å². The lowest BCUT2D eigenvalue weighted by molar-refractivity contribution is 0.0437. The molecule has 1 aromatic rings. The van der Waals surface area contributed by atoms with Gasteiger partial charge in [-0.15, -0.1) is 0 Å². The highest BCUT2D eigenvalue weighted by molar-refractivity contribution is 7.80. The molecule has 1 aliphatic rings. The number of likely N-dealkylation sites (tertiary alicyclic amines) is 1. The van der Waals surface area contributed by atoms with Gasteiger partial charge in [0.25, 0.3) is 5.91 Å². The first kappa shape index (κ1) is 14.9. The van der Waals surface area contributed by atoms with Gasteiger partial charge in [0, 0.05) is 24.8 Å². The first-order valence-electron chi connectivity index (χ1n) is 6.66. The molecule has 1 amide bonds. The number of carbonyl (C=O) groups is 1. The van der Waals surface area contributed by atoms with Crippen LogP contribution in [0.1, 0.15) is 42.2 Å². The molecule has 1 aliphatic heterocycles. The number of pyridine rings is 1. The van der Waals surface area contributed by atoms with Crippen molar-refractivity contribution >= 4 is 23.1 Å². The summed E-state index contributed by atoms with van der Waals surface area (Å²) in [6, 6.07) is 3.34. The molecule has 5 nitrogen and oxygen atoms in total. The third-order valence-electron chi connectivity index (χ3n) is 3.62. The monoisotopic (exact) mass is 293 g/mol. The summed E-state index contributed by atoms with van der Waals surface area (Å²) in [5.41, 5.74) is 5.85. The SMILES string of the molecule is CC1(O)CCCN(C(=O)c2ccc(C(N)=S)cn2)CC1. The molecule has 1 fully saturated rings. The van der Waals surface area contributed by atoms with Crippen LogP contribution >= 0.6 is 12.2 Å². The van der Waals surface area contributed by atoms with E-state index in [1.54, 1.807) is 17.0 Å². The van der Waals surface area contributed by atoms with Crippen LogP contribution in [-0.2, 0) is 0 Å². The molecule has 0 bridgehead atoms. The van der Waals surface area contributed by atoms with E-state index < -0.39 is 5.60 Å². The Bertz CT molecular complexity index is 514. The number of aromatic nitrogens is 1. The van der Waals surface area contributed by atoms with Gasteiger partial charge in [-0.2, -0.15) is 0 Å². The van der Waals surface area contributed by atoms with Gasteiger partial charge >= 0.3 is 0 Å². The second-order valence-corrected chi connectivity index (χ2v) is 5.88. The maximum absolute atomic E-state index is 12.4. The van der Waals surface area contributed by atoms with Crippen molar-refractivity contribution < 1.29 is 9.90 Å². The zero-order valence-electron chi connectivity index (χ0n) is 11.5. The number of thiocarbonyl (C=S) groups is 1. The standard InChI is InChI=1S/C14H19N3O2S/c1-14(19)5-2-7-17(8-6-14)13(18)11-4-3-10(9-16-11)12(15)20/h3-4,9,19H,2,5-8H2,1H3,(H2,15,20). The zero-order valence-corrected chi connectivity index (χ0v) is 12.3. The molecule has 2 rings (SSSR count). The molecule has 2 heterocycles. The van der Waals surface area contributed by atoms with Gasteiger partial charge < -0.3 is 15.7 Å². The molecule has 0 aliphatic carbocycles. The Balaban J connectivity index is 2.09. The maximum Gasteiger partial charge on any atom is 0.272 e. The second-order valence-electron chi connectivity index (χ2n) is 5.44. The summed E-state index contributed by atoms with van der Waals surface area (Å²) >= 11 is 4.85. The Morgan fingerprint density at radius 1 is 1.45 bits per heavy atom. The second kappa shape index (κ2) is 5.85. The van der Waals surface area contributed by atoms with Crippen LogP contribution in [0, 0.1) is 0 Å². The number of hydrogen-bond donors (Lipinski definition) is 2. The fraction of sp³-hybridized carbons (Fsp3) is 0.500. The number of nitrogens with zero attached hydrogens (tertiary/aromatic N) is 2. The molecule has 0 spiro atoms. The van der Waals surface area contributed by atoms with E-state index in [0.717, 1.165) is 6.42 Å². The number of carbonyl (C=O) groups excluding carboxylic acids is 1. The summed E-state index contributed by atoms with van der Waals surface area (Å²) in [4.78, 5) is 18.5. The quantitative estimate of drug-likeness (QED) is 0.798. The van der Waals surface area contributed by atoms with Gasteiger partial charge in [-0.1, -0.05) is 12.2 Å². The van der Waals surface area contributed by atoms with Crippen LogP contribution in [0.4, 0.5) is 0 Å². The van der Waals surface area contributed by atoms with Gasteiger partial charge in [0.15, 0.2) is 0 Å². The van der Waals surface area contributed by atoms with Gasteiger partial charge in [0.2, 0.25) is 0 Å². The third kappa shape index (κ3) is 3.52. The molecular formula is C14H19N3O2S.